The molecule has 0 saturated carbocycles. The summed E-state index contributed by atoms with van der Waals surface area (Å²) in [7, 11) is 0. The van der Waals surface area contributed by atoms with Crippen LogP contribution < -0.4 is 4.74 Å². The number of phenols is 1. The van der Waals surface area contributed by atoms with E-state index in [1.807, 2.05) is 42.6 Å². The van der Waals surface area contributed by atoms with Gasteiger partial charge in [-0.2, -0.15) is 11.1 Å². The Labute approximate surface area is 274 Å². The number of pyridine rings is 2. The molecule has 1 aliphatic rings. The predicted octanol–water partition coefficient (Wildman–Crippen LogP) is 9.00. The normalized spacial score (nSPS) is 14.9. The maximum absolute atomic E-state index is 11.1. The molecule has 45 heavy (non-hydrogen) atoms. The maximum atomic E-state index is 11.1. The van der Waals surface area contributed by atoms with Gasteiger partial charge in [0, 0.05) is 60.0 Å². The number of rotatable bonds is 3. The zero-order valence-corrected chi connectivity index (χ0v) is 27.5. The first-order valence-corrected chi connectivity index (χ1v) is 14.9. The van der Waals surface area contributed by atoms with Crippen molar-refractivity contribution < 1.29 is 30.9 Å². The van der Waals surface area contributed by atoms with E-state index in [2.05, 4.69) is 91.3 Å². The van der Waals surface area contributed by atoms with Crippen molar-refractivity contribution >= 4 is 49.3 Å². The summed E-state index contributed by atoms with van der Waals surface area (Å²) in [5, 5.41) is 16.1. The molecule has 7 heteroatoms. The van der Waals surface area contributed by atoms with Crippen molar-refractivity contribution in [2.45, 2.75) is 38.5 Å². The fraction of sp³-hybridized carbons (Fsp3) is 0.158. The molecule has 224 valence electrons. The van der Waals surface area contributed by atoms with Crippen molar-refractivity contribution in [2.75, 3.05) is 0 Å². The summed E-state index contributed by atoms with van der Waals surface area (Å²) >= 11 is 0. The van der Waals surface area contributed by atoms with Crippen LogP contribution in [-0.4, -0.2) is 24.0 Å². The van der Waals surface area contributed by atoms with E-state index in [0.29, 0.717) is 17.3 Å². The minimum atomic E-state index is -0.366. The van der Waals surface area contributed by atoms with E-state index in [0.717, 1.165) is 55.0 Å². The number of aromatic nitrogens is 4. The molecule has 0 fully saturated rings. The zero-order chi connectivity index (χ0) is 30.0. The van der Waals surface area contributed by atoms with Crippen LogP contribution in [0.25, 0.3) is 54.9 Å². The second-order valence-electron chi connectivity index (χ2n) is 12.8. The fourth-order valence-corrected chi connectivity index (χ4v) is 7.31. The average Bonchev–Trinajstić information content (AvgIpc) is 3.57. The minimum Gasteiger partial charge on any atom is -0.507 e. The Morgan fingerprint density at radius 2 is 1.47 bits per heavy atom. The largest absolute Gasteiger partial charge is 0.507 e. The zero-order valence-electron chi connectivity index (χ0n) is 25.2. The first kappa shape index (κ1) is 27.8. The van der Waals surface area contributed by atoms with Crippen molar-refractivity contribution in [2.24, 2.45) is 0 Å². The van der Waals surface area contributed by atoms with Gasteiger partial charge in [-0.25, -0.2) is 4.98 Å². The number of nitrogens with zero attached hydrogens (tertiary/aromatic N) is 4. The molecule has 4 aromatic heterocycles. The van der Waals surface area contributed by atoms with Crippen LogP contribution in [0.5, 0.6) is 17.4 Å². The number of para-hydroxylation sites is 2. The molecule has 9 rings (SSSR count). The van der Waals surface area contributed by atoms with Gasteiger partial charge < -0.3 is 14.4 Å². The van der Waals surface area contributed by atoms with Crippen molar-refractivity contribution in [3.8, 4) is 23.1 Å². The summed E-state index contributed by atoms with van der Waals surface area (Å²) in [4.78, 5) is 9.88. The third-order valence-corrected chi connectivity index (χ3v) is 10.1. The average molecular weight is 769 g/mol. The van der Waals surface area contributed by atoms with Crippen molar-refractivity contribution in [1.82, 2.24) is 18.9 Å². The molecule has 1 N–H and O–H groups in total. The third kappa shape index (κ3) is 3.55. The van der Waals surface area contributed by atoms with Crippen molar-refractivity contribution in [1.29, 1.82) is 0 Å². The van der Waals surface area contributed by atoms with E-state index >= 15 is 0 Å². The van der Waals surface area contributed by atoms with Crippen LogP contribution >= 0.6 is 0 Å². The van der Waals surface area contributed by atoms with Crippen LogP contribution in [-0.2, 0) is 31.9 Å². The van der Waals surface area contributed by atoms with E-state index in [9.17, 15) is 5.11 Å². The molecular weight excluding hydrogens is 740 g/mol. The SMILES string of the molecule is CC1(C)c2cccc3c4cccc(O)c4c4nc(Oc5[c-]c(-n6c7ccccc7c7cccnc76)ccc5)c(n4c23)C1(C)C.[Pt]. The standard InChI is InChI=1S/C38H29N4O2.Pt/c1-37(2)28-17-8-15-26-25-14-9-19-30(43)31(25)35-40-36(33(38(37,3)4)42(35)32(26)28)44-23-12-7-11-22(21-23)41-29-18-6-5-13-24(29)27-16-10-20-39-34(27)41;/h5-20,43H,1-4H3;/q-1;. The predicted molar refractivity (Wildman–Crippen MR) is 175 cm³/mol. The van der Waals surface area contributed by atoms with Crippen LogP contribution in [0, 0.1) is 6.07 Å². The summed E-state index contributed by atoms with van der Waals surface area (Å²) in [6, 6.07) is 34.0. The molecule has 0 atom stereocenters. The maximum Gasteiger partial charge on any atom is 0.240 e. The Morgan fingerprint density at radius 3 is 2.33 bits per heavy atom. The van der Waals surface area contributed by atoms with Gasteiger partial charge in [0.1, 0.15) is 11.4 Å². The van der Waals surface area contributed by atoms with Gasteiger partial charge in [0.2, 0.25) is 5.88 Å². The van der Waals surface area contributed by atoms with E-state index in [-0.39, 0.29) is 37.6 Å². The Kier molecular flexibility index (Phi) is 5.83. The molecular formula is C38H29N4O2Pt-. The van der Waals surface area contributed by atoms with Gasteiger partial charge in [-0.1, -0.05) is 81.9 Å². The Hall–Kier alpha value is -4.67. The van der Waals surface area contributed by atoms with E-state index in [1.54, 1.807) is 6.07 Å². The summed E-state index contributed by atoms with van der Waals surface area (Å²) in [6.07, 6.45) is 1.82. The summed E-state index contributed by atoms with van der Waals surface area (Å²) in [5.41, 5.74) is 6.18. The van der Waals surface area contributed by atoms with Gasteiger partial charge in [-0.05, 0) is 35.2 Å². The molecule has 1 aliphatic heterocycles. The van der Waals surface area contributed by atoms with Gasteiger partial charge in [-0.3, -0.25) is 4.40 Å². The van der Waals surface area contributed by atoms with Crippen molar-refractivity contribution in [3.63, 3.8) is 0 Å². The third-order valence-electron chi connectivity index (χ3n) is 10.1. The number of phenolic OH excluding ortho intramolecular Hbond substituents is 1. The monoisotopic (exact) mass is 768 g/mol. The number of benzene rings is 4. The van der Waals surface area contributed by atoms with Crippen LogP contribution in [0.4, 0.5) is 0 Å². The molecule has 8 aromatic rings. The molecule has 6 nitrogen and oxygen atoms in total. The molecule has 0 radical (unpaired) electrons. The molecule has 0 saturated heterocycles. The molecule has 0 amide bonds. The summed E-state index contributed by atoms with van der Waals surface area (Å²) in [5.74, 6) is 1.28. The molecule has 0 unspecified atom stereocenters. The molecule has 0 aliphatic carbocycles. The van der Waals surface area contributed by atoms with Gasteiger partial charge in [0.25, 0.3) is 0 Å². The first-order valence-electron chi connectivity index (χ1n) is 14.9. The molecule has 4 aromatic carbocycles. The number of aromatic hydroxyl groups is 1. The number of imidazole rings is 1. The molecule has 0 spiro atoms. The second-order valence-corrected chi connectivity index (χ2v) is 12.8. The van der Waals surface area contributed by atoms with E-state index < -0.39 is 0 Å². The van der Waals surface area contributed by atoms with Crippen LogP contribution in [0.15, 0.2) is 97.2 Å². The number of hydrogen-bond donors (Lipinski definition) is 1. The van der Waals surface area contributed by atoms with Gasteiger partial charge in [0.15, 0.2) is 5.65 Å². The van der Waals surface area contributed by atoms with E-state index in [1.165, 1.54) is 5.56 Å². The van der Waals surface area contributed by atoms with Crippen LogP contribution in [0.3, 0.4) is 0 Å². The summed E-state index contributed by atoms with van der Waals surface area (Å²) < 4.78 is 11.1. The van der Waals surface area contributed by atoms with Crippen LogP contribution in [0.2, 0.25) is 0 Å². The van der Waals surface area contributed by atoms with Gasteiger partial charge >= 0.3 is 0 Å². The fourth-order valence-electron chi connectivity index (χ4n) is 7.31. The quantitative estimate of drug-likeness (QED) is 0.144. The minimum absolute atomic E-state index is 0. The van der Waals surface area contributed by atoms with Crippen LogP contribution in [0.1, 0.15) is 39.0 Å². The van der Waals surface area contributed by atoms with Gasteiger partial charge in [-0.15, -0.1) is 18.2 Å². The number of hydrogen-bond acceptors (Lipinski definition) is 4. The Bertz CT molecular complexity index is 2450. The Balaban J connectivity index is 0.00000300. The van der Waals surface area contributed by atoms with Crippen molar-refractivity contribution in [3.05, 3.63) is 115 Å². The molecule has 0 bridgehead atoms. The van der Waals surface area contributed by atoms with E-state index in [4.69, 9.17) is 14.7 Å². The first-order chi connectivity index (χ1) is 21.3. The summed E-state index contributed by atoms with van der Waals surface area (Å²) in [6.45, 7) is 9.10. The smallest absolute Gasteiger partial charge is 0.240 e. The molecule has 5 heterocycles. The number of ether oxygens (including phenoxy) is 1. The topological polar surface area (TPSA) is 64.6 Å². The number of fused-ring (bicyclic) bond motifs is 6. The van der Waals surface area contributed by atoms with Gasteiger partial charge in [0.05, 0.1) is 22.1 Å². The Morgan fingerprint density at radius 1 is 0.733 bits per heavy atom. The second kappa shape index (κ2) is 9.42.